The molecule has 0 saturated heterocycles. The van der Waals surface area contributed by atoms with E-state index in [1.165, 1.54) is 12.4 Å². The summed E-state index contributed by atoms with van der Waals surface area (Å²) in [6, 6.07) is 5.25. The summed E-state index contributed by atoms with van der Waals surface area (Å²) in [7, 11) is 0. The summed E-state index contributed by atoms with van der Waals surface area (Å²) < 4.78 is 0. The molecule has 6 nitrogen and oxygen atoms in total. The van der Waals surface area contributed by atoms with Crippen molar-refractivity contribution < 1.29 is 61.3 Å². The predicted molar refractivity (Wildman–Crippen MR) is 72.3 cm³/mol. The summed E-state index contributed by atoms with van der Waals surface area (Å²) in [5, 5.41) is 11.9. The Hall–Kier alpha value is -1.25. The summed E-state index contributed by atoms with van der Waals surface area (Å²) in [6.07, 6.45) is 4.81. The molecule has 0 unspecified atom stereocenters. The average Bonchev–Trinajstić information content (AvgIpc) is 2.52. The Kier molecular flexibility index (Phi) is 4.33. The van der Waals surface area contributed by atoms with Gasteiger partial charge in [0.15, 0.2) is 5.65 Å². The maximum atomic E-state index is 11.0. The molecule has 22 heavy (non-hydrogen) atoms. The van der Waals surface area contributed by atoms with Gasteiger partial charge in [-0.3, -0.25) is 0 Å². The fourth-order valence-corrected chi connectivity index (χ4v) is 2.64. The number of aromatic nitrogens is 4. The first-order valence-corrected chi connectivity index (χ1v) is 6.53. The predicted octanol–water partition coefficient (Wildman–Crippen LogP) is -2.45. The van der Waals surface area contributed by atoms with Crippen LogP contribution in [0.1, 0.15) is 21.6 Å². The molecule has 1 aliphatic rings. The van der Waals surface area contributed by atoms with Crippen molar-refractivity contribution in [3.05, 3.63) is 47.5 Å². The van der Waals surface area contributed by atoms with Gasteiger partial charge < -0.3 is 9.90 Å². The van der Waals surface area contributed by atoms with E-state index in [1.54, 1.807) is 12.3 Å². The van der Waals surface area contributed by atoms with Crippen molar-refractivity contribution in [3.8, 4) is 11.4 Å². The molecule has 0 bridgehead atoms. The molecule has 4 rings (SSSR count). The molecule has 0 saturated carbocycles. The summed E-state index contributed by atoms with van der Waals surface area (Å²) in [5.41, 5.74) is 3.84. The second-order valence-electron chi connectivity index (χ2n) is 4.92. The normalized spacial score (nSPS) is 12.2. The van der Waals surface area contributed by atoms with Crippen LogP contribution in [0, 0.1) is 0 Å². The molecule has 1 aliphatic carbocycles. The number of hydrogen-bond donors (Lipinski definition) is 0. The van der Waals surface area contributed by atoms with Crippen molar-refractivity contribution in [2.45, 2.75) is 12.8 Å². The van der Waals surface area contributed by atoms with Crippen LogP contribution in [0.4, 0.5) is 0 Å². The summed E-state index contributed by atoms with van der Waals surface area (Å²) in [6.45, 7) is 0. The van der Waals surface area contributed by atoms with Gasteiger partial charge in [-0.2, -0.15) is 0 Å². The van der Waals surface area contributed by atoms with E-state index in [0.29, 0.717) is 17.0 Å². The molecule has 0 aliphatic heterocycles. The fraction of sp³-hybridized carbons (Fsp3) is 0.133. The first kappa shape index (κ1) is 15.6. The minimum atomic E-state index is -1.28. The number of nitrogens with zero attached hydrogens (tertiary/aromatic N) is 4. The maximum Gasteiger partial charge on any atom is 1.00 e. The third kappa shape index (κ3) is 2.59. The van der Waals surface area contributed by atoms with Crippen molar-refractivity contribution in [1.82, 2.24) is 19.9 Å². The quantitative estimate of drug-likeness (QED) is 0.463. The van der Waals surface area contributed by atoms with Gasteiger partial charge in [0, 0.05) is 11.6 Å². The fourth-order valence-electron chi connectivity index (χ4n) is 2.64. The third-order valence-corrected chi connectivity index (χ3v) is 3.65. The number of fused-ring (bicyclic) bond motifs is 4. The van der Waals surface area contributed by atoms with E-state index in [0.717, 1.165) is 29.4 Å². The van der Waals surface area contributed by atoms with Crippen LogP contribution < -0.4 is 56.5 Å². The standard InChI is InChI=1S/C15H10N4O2.K/c20-15(21)11-4-3-8-1-2-9-5-10-6-16-7-17-14(10)19-13(9)12(8)18-11;/h3-7H,1-2H2,(H,20,21);/q;+1/p-1. The number of hydrogen-bond acceptors (Lipinski definition) is 6. The molecule has 0 atom stereocenters. The Bertz CT molecular complexity index is 898. The van der Waals surface area contributed by atoms with Crippen LogP contribution in [0.15, 0.2) is 30.7 Å². The van der Waals surface area contributed by atoms with E-state index in [4.69, 9.17) is 0 Å². The Morgan fingerprint density at radius 2 is 1.86 bits per heavy atom. The molecule has 0 aromatic carbocycles. The van der Waals surface area contributed by atoms with Gasteiger partial charge >= 0.3 is 51.4 Å². The summed E-state index contributed by atoms with van der Waals surface area (Å²) in [5.74, 6) is -1.28. The SMILES string of the molecule is O=C([O-])c1ccc2c(n1)-c1nc3ncncc3cc1CC2.[K+]. The van der Waals surface area contributed by atoms with Gasteiger partial charge in [0.25, 0.3) is 0 Å². The zero-order valence-corrected chi connectivity index (χ0v) is 15.0. The van der Waals surface area contributed by atoms with Crippen LogP contribution in [-0.2, 0) is 12.8 Å². The van der Waals surface area contributed by atoms with E-state index in [9.17, 15) is 9.90 Å². The number of aryl methyl sites for hydroxylation is 2. The topological polar surface area (TPSA) is 91.7 Å². The molecule has 3 aromatic rings. The van der Waals surface area contributed by atoms with Crippen LogP contribution in [0.3, 0.4) is 0 Å². The molecule has 0 amide bonds. The number of carbonyl (C=O) groups excluding carboxylic acids is 1. The van der Waals surface area contributed by atoms with Gasteiger partial charge in [0.1, 0.15) is 6.33 Å². The number of carboxylic acid groups (broad SMARTS) is 1. The van der Waals surface area contributed by atoms with Crippen LogP contribution >= 0.6 is 0 Å². The van der Waals surface area contributed by atoms with Crippen LogP contribution in [0.25, 0.3) is 22.4 Å². The van der Waals surface area contributed by atoms with Gasteiger partial charge in [-0.15, -0.1) is 0 Å². The molecule has 0 spiro atoms. The van der Waals surface area contributed by atoms with Crippen LogP contribution in [0.5, 0.6) is 0 Å². The van der Waals surface area contributed by atoms with Crippen molar-refractivity contribution in [2.75, 3.05) is 0 Å². The van der Waals surface area contributed by atoms with E-state index in [2.05, 4.69) is 19.9 Å². The van der Waals surface area contributed by atoms with Gasteiger partial charge in [-0.05, 0) is 36.1 Å². The molecule has 3 aromatic heterocycles. The largest absolute Gasteiger partial charge is 1.00 e. The number of carbonyl (C=O) groups is 1. The van der Waals surface area contributed by atoms with E-state index in [1.807, 2.05) is 6.07 Å². The first-order valence-electron chi connectivity index (χ1n) is 6.53. The van der Waals surface area contributed by atoms with Gasteiger partial charge in [-0.25, -0.2) is 19.9 Å². The van der Waals surface area contributed by atoms with E-state index >= 15 is 0 Å². The molecular weight excluding hydrogens is 307 g/mol. The summed E-state index contributed by atoms with van der Waals surface area (Å²) in [4.78, 5) is 27.9. The average molecular weight is 316 g/mol. The zero-order chi connectivity index (χ0) is 14.4. The summed E-state index contributed by atoms with van der Waals surface area (Å²) >= 11 is 0. The first-order chi connectivity index (χ1) is 10.2. The van der Waals surface area contributed by atoms with Gasteiger partial charge in [-0.1, -0.05) is 6.07 Å². The number of aromatic carboxylic acids is 1. The smallest absolute Gasteiger partial charge is 0.543 e. The van der Waals surface area contributed by atoms with Crippen molar-refractivity contribution in [3.63, 3.8) is 0 Å². The van der Waals surface area contributed by atoms with Gasteiger partial charge in [0.2, 0.25) is 0 Å². The minimum Gasteiger partial charge on any atom is -0.543 e. The molecule has 7 heteroatoms. The Morgan fingerprint density at radius 3 is 2.68 bits per heavy atom. The molecule has 3 heterocycles. The van der Waals surface area contributed by atoms with E-state index in [-0.39, 0.29) is 57.1 Å². The Balaban J connectivity index is 0.00000144. The molecule has 102 valence electrons. The van der Waals surface area contributed by atoms with Crippen molar-refractivity contribution >= 4 is 17.0 Å². The van der Waals surface area contributed by atoms with Crippen molar-refractivity contribution in [1.29, 1.82) is 0 Å². The molecular formula is C15H9KN4O2. The Labute approximate surface area is 168 Å². The number of pyridine rings is 2. The second kappa shape index (κ2) is 6.09. The minimum absolute atomic E-state index is 0. The zero-order valence-electron chi connectivity index (χ0n) is 11.9. The monoisotopic (exact) mass is 316 g/mol. The number of carboxylic acids is 1. The van der Waals surface area contributed by atoms with Crippen LogP contribution in [-0.4, -0.2) is 25.9 Å². The third-order valence-electron chi connectivity index (χ3n) is 3.65. The maximum absolute atomic E-state index is 11.0. The molecule has 0 N–H and O–H groups in total. The van der Waals surface area contributed by atoms with E-state index < -0.39 is 5.97 Å². The molecule has 0 radical (unpaired) electrons. The molecule has 0 fully saturated rings. The van der Waals surface area contributed by atoms with Crippen molar-refractivity contribution in [2.24, 2.45) is 0 Å². The van der Waals surface area contributed by atoms with Crippen LogP contribution in [0.2, 0.25) is 0 Å². The van der Waals surface area contributed by atoms with Gasteiger partial charge in [0.05, 0.1) is 23.1 Å². The number of rotatable bonds is 1. The Morgan fingerprint density at radius 1 is 1.09 bits per heavy atom. The second-order valence-corrected chi connectivity index (χ2v) is 4.92.